The highest BCUT2D eigenvalue weighted by Crippen LogP contribution is 2.22. The first-order chi connectivity index (χ1) is 9.86. The van der Waals surface area contributed by atoms with Crippen molar-refractivity contribution in [3.63, 3.8) is 0 Å². The van der Waals surface area contributed by atoms with Crippen LogP contribution in [0.2, 0.25) is 0 Å². The summed E-state index contributed by atoms with van der Waals surface area (Å²) in [5.74, 6) is 0.0104. The molecule has 0 radical (unpaired) electrons. The Morgan fingerprint density at radius 1 is 1.05 bits per heavy atom. The zero-order valence-corrected chi connectivity index (χ0v) is 14.1. The van der Waals surface area contributed by atoms with Gasteiger partial charge in [-0.25, -0.2) is 0 Å². The standard InChI is InChI=1S/C19H19BrO/c1-19(2,3)16-10-7-14(8-11-16)9-12-18(21)15-5-4-6-17(20)13-15/h4-13H,1-3H3/b12-9+. The van der Waals surface area contributed by atoms with Crippen LogP contribution in [0.1, 0.15) is 42.3 Å². The van der Waals surface area contributed by atoms with Crippen LogP contribution in [0.4, 0.5) is 0 Å². The summed E-state index contributed by atoms with van der Waals surface area (Å²) in [5.41, 5.74) is 3.16. The molecule has 0 aliphatic heterocycles. The molecule has 21 heavy (non-hydrogen) atoms. The van der Waals surface area contributed by atoms with Gasteiger partial charge in [0.25, 0.3) is 0 Å². The first-order valence-corrected chi connectivity index (χ1v) is 7.74. The molecule has 108 valence electrons. The van der Waals surface area contributed by atoms with Crippen molar-refractivity contribution < 1.29 is 4.79 Å². The highest BCUT2D eigenvalue weighted by Gasteiger charge is 2.12. The van der Waals surface area contributed by atoms with Gasteiger partial charge >= 0.3 is 0 Å². The molecule has 0 amide bonds. The van der Waals surface area contributed by atoms with Crippen LogP contribution in [-0.4, -0.2) is 5.78 Å². The molecule has 0 unspecified atom stereocenters. The van der Waals surface area contributed by atoms with Gasteiger partial charge in [0.1, 0.15) is 0 Å². The molecule has 2 aromatic carbocycles. The van der Waals surface area contributed by atoms with E-state index in [4.69, 9.17) is 0 Å². The summed E-state index contributed by atoms with van der Waals surface area (Å²) in [7, 11) is 0. The molecule has 0 spiro atoms. The van der Waals surface area contributed by atoms with Gasteiger partial charge in [-0.2, -0.15) is 0 Å². The predicted molar refractivity (Wildman–Crippen MR) is 92.6 cm³/mol. The SMILES string of the molecule is CC(C)(C)c1ccc(/C=C/C(=O)c2cccc(Br)c2)cc1. The second-order valence-electron chi connectivity index (χ2n) is 6.08. The second-order valence-corrected chi connectivity index (χ2v) is 7.00. The Bertz CT molecular complexity index is 661. The molecule has 0 heterocycles. The average molecular weight is 343 g/mol. The quantitative estimate of drug-likeness (QED) is 0.520. The van der Waals surface area contributed by atoms with Crippen molar-refractivity contribution >= 4 is 27.8 Å². The third kappa shape index (κ3) is 4.40. The van der Waals surface area contributed by atoms with Gasteiger partial charge in [0, 0.05) is 10.0 Å². The molecular formula is C19H19BrO. The maximum Gasteiger partial charge on any atom is 0.185 e. The fourth-order valence-corrected chi connectivity index (χ4v) is 2.40. The zero-order valence-electron chi connectivity index (χ0n) is 12.6. The summed E-state index contributed by atoms with van der Waals surface area (Å²) >= 11 is 3.38. The van der Waals surface area contributed by atoms with Gasteiger partial charge in [-0.05, 0) is 34.8 Å². The number of hydrogen-bond acceptors (Lipinski definition) is 1. The van der Waals surface area contributed by atoms with Crippen LogP contribution < -0.4 is 0 Å². The van der Waals surface area contributed by atoms with Crippen molar-refractivity contribution in [2.45, 2.75) is 26.2 Å². The van der Waals surface area contributed by atoms with Gasteiger partial charge in [0.2, 0.25) is 0 Å². The van der Waals surface area contributed by atoms with Crippen LogP contribution in [0.25, 0.3) is 6.08 Å². The maximum atomic E-state index is 12.1. The molecule has 0 fully saturated rings. The molecular weight excluding hydrogens is 324 g/mol. The van der Waals surface area contributed by atoms with Crippen LogP contribution in [0.5, 0.6) is 0 Å². The molecule has 0 bridgehead atoms. The van der Waals surface area contributed by atoms with Gasteiger partial charge in [0.15, 0.2) is 5.78 Å². The summed E-state index contributed by atoms with van der Waals surface area (Å²) in [5, 5.41) is 0. The van der Waals surface area contributed by atoms with Gasteiger partial charge in [-0.3, -0.25) is 4.79 Å². The number of allylic oxidation sites excluding steroid dienone is 1. The van der Waals surface area contributed by atoms with Crippen LogP contribution >= 0.6 is 15.9 Å². The van der Waals surface area contributed by atoms with Gasteiger partial charge in [0.05, 0.1) is 0 Å². The van der Waals surface area contributed by atoms with Crippen LogP contribution in [0.3, 0.4) is 0 Å². The molecule has 0 aromatic heterocycles. The Balaban J connectivity index is 2.12. The maximum absolute atomic E-state index is 12.1. The predicted octanol–water partition coefficient (Wildman–Crippen LogP) is 5.64. The molecule has 1 nitrogen and oxygen atoms in total. The van der Waals surface area contributed by atoms with Gasteiger partial charge in [-0.15, -0.1) is 0 Å². The first kappa shape index (κ1) is 15.7. The van der Waals surface area contributed by atoms with E-state index in [-0.39, 0.29) is 11.2 Å². The Kier molecular flexibility index (Phi) is 4.79. The van der Waals surface area contributed by atoms with Crippen LogP contribution in [-0.2, 0) is 5.41 Å². The van der Waals surface area contributed by atoms with Crippen LogP contribution in [0, 0.1) is 0 Å². The molecule has 0 aliphatic rings. The van der Waals surface area contributed by atoms with Crippen molar-refractivity contribution in [2.24, 2.45) is 0 Å². The topological polar surface area (TPSA) is 17.1 Å². The summed E-state index contributed by atoms with van der Waals surface area (Å²) < 4.78 is 0.913. The molecule has 0 atom stereocenters. The lowest BCUT2D eigenvalue weighted by Gasteiger charge is -2.18. The largest absolute Gasteiger partial charge is 0.289 e. The number of halogens is 1. The summed E-state index contributed by atoms with van der Waals surface area (Å²) in [6, 6.07) is 15.7. The number of rotatable bonds is 3. The number of benzene rings is 2. The third-order valence-electron chi connectivity index (χ3n) is 3.31. The minimum Gasteiger partial charge on any atom is -0.289 e. The van der Waals surface area contributed by atoms with Gasteiger partial charge < -0.3 is 0 Å². The normalized spacial score (nSPS) is 11.8. The summed E-state index contributed by atoms with van der Waals surface area (Å²) in [6.45, 7) is 6.57. The number of ketones is 1. The van der Waals surface area contributed by atoms with E-state index in [0.29, 0.717) is 5.56 Å². The van der Waals surface area contributed by atoms with Crippen molar-refractivity contribution in [1.29, 1.82) is 0 Å². The van der Waals surface area contributed by atoms with Crippen molar-refractivity contribution in [2.75, 3.05) is 0 Å². The molecule has 2 rings (SSSR count). The third-order valence-corrected chi connectivity index (χ3v) is 3.81. The Morgan fingerprint density at radius 2 is 1.71 bits per heavy atom. The number of hydrogen-bond donors (Lipinski definition) is 0. The molecule has 0 saturated carbocycles. The second kappa shape index (κ2) is 6.40. The van der Waals surface area contributed by atoms with E-state index in [2.05, 4.69) is 48.8 Å². The molecule has 0 saturated heterocycles. The lowest BCUT2D eigenvalue weighted by Crippen LogP contribution is -2.10. The Labute approximate surface area is 134 Å². The Hall–Kier alpha value is -1.67. The first-order valence-electron chi connectivity index (χ1n) is 6.95. The fourth-order valence-electron chi connectivity index (χ4n) is 2.00. The molecule has 2 heteroatoms. The fraction of sp³-hybridized carbons (Fsp3) is 0.211. The average Bonchev–Trinajstić information content (AvgIpc) is 2.44. The highest BCUT2D eigenvalue weighted by molar-refractivity contribution is 9.10. The monoisotopic (exact) mass is 342 g/mol. The van der Waals surface area contributed by atoms with E-state index < -0.39 is 0 Å². The van der Waals surface area contributed by atoms with E-state index in [1.54, 1.807) is 6.08 Å². The van der Waals surface area contributed by atoms with E-state index in [1.165, 1.54) is 5.56 Å². The lowest BCUT2D eigenvalue weighted by atomic mass is 9.87. The van der Waals surface area contributed by atoms with Crippen molar-refractivity contribution in [3.8, 4) is 0 Å². The lowest BCUT2D eigenvalue weighted by molar-refractivity contribution is 0.104. The number of carbonyl (C=O) groups excluding carboxylic acids is 1. The minimum absolute atomic E-state index is 0.0104. The Morgan fingerprint density at radius 3 is 2.29 bits per heavy atom. The van der Waals surface area contributed by atoms with Gasteiger partial charge in [-0.1, -0.05) is 79.2 Å². The minimum atomic E-state index is 0.0104. The smallest absolute Gasteiger partial charge is 0.185 e. The van der Waals surface area contributed by atoms with E-state index in [9.17, 15) is 4.79 Å². The highest BCUT2D eigenvalue weighted by atomic mass is 79.9. The van der Waals surface area contributed by atoms with Crippen molar-refractivity contribution in [3.05, 3.63) is 75.8 Å². The number of carbonyl (C=O) groups is 1. The molecule has 2 aromatic rings. The van der Waals surface area contributed by atoms with E-state index >= 15 is 0 Å². The summed E-state index contributed by atoms with van der Waals surface area (Å²) in [4.78, 5) is 12.1. The van der Waals surface area contributed by atoms with Crippen LogP contribution in [0.15, 0.2) is 59.1 Å². The molecule has 0 aliphatic carbocycles. The van der Waals surface area contributed by atoms with Crippen molar-refractivity contribution in [1.82, 2.24) is 0 Å². The van der Waals surface area contributed by atoms with E-state index in [1.807, 2.05) is 42.5 Å². The zero-order chi connectivity index (χ0) is 15.5. The molecule has 0 N–H and O–H groups in total. The van der Waals surface area contributed by atoms with E-state index in [0.717, 1.165) is 10.0 Å². The summed E-state index contributed by atoms with van der Waals surface area (Å²) in [6.07, 6.45) is 3.48.